The van der Waals surface area contributed by atoms with Gasteiger partial charge in [-0.2, -0.15) is 0 Å². The van der Waals surface area contributed by atoms with Gasteiger partial charge in [0.1, 0.15) is 11.5 Å². The molecule has 0 radical (unpaired) electrons. The van der Waals surface area contributed by atoms with Gasteiger partial charge in [-0.1, -0.05) is 50.2 Å². The van der Waals surface area contributed by atoms with Crippen LogP contribution < -0.4 is 14.2 Å². The fourth-order valence-corrected chi connectivity index (χ4v) is 4.55. The number of Topliss-reactive ketones (excluding diaryl/α,β-unsaturated/α-hetero) is 1. The van der Waals surface area contributed by atoms with Crippen molar-refractivity contribution in [2.24, 2.45) is 0 Å². The van der Waals surface area contributed by atoms with Crippen LogP contribution >= 0.6 is 0 Å². The van der Waals surface area contributed by atoms with Crippen LogP contribution in [0.2, 0.25) is 0 Å². The molecule has 0 bridgehead atoms. The van der Waals surface area contributed by atoms with Crippen LogP contribution in [-0.2, 0) is 16.1 Å². The van der Waals surface area contributed by atoms with E-state index >= 15 is 0 Å². The molecule has 1 fully saturated rings. The van der Waals surface area contributed by atoms with Gasteiger partial charge in [-0.15, -0.1) is 0 Å². The summed E-state index contributed by atoms with van der Waals surface area (Å²) < 4.78 is 17.4. The van der Waals surface area contributed by atoms with E-state index in [-0.39, 0.29) is 17.9 Å². The van der Waals surface area contributed by atoms with Crippen molar-refractivity contribution in [2.45, 2.75) is 46.2 Å². The molecule has 1 atom stereocenters. The minimum atomic E-state index is -0.819. The van der Waals surface area contributed by atoms with Crippen LogP contribution in [0.3, 0.4) is 0 Å². The van der Waals surface area contributed by atoms with E-state index in [1.165, 1.54) is 4.90 Å². The van der Waals surface area contributed by atoms with E-state index in [4.69, 9.17) is 14.2 Å². The zero-order chi connectivity index (χ0) is 27.8. The number of ketones is 1. The number of amides is 1. The number of aliphatic hydroxyl groups is 1. The molecule has 39 heavy (non-hydrogen) atoms. The molecule has 204 valence electrons. The molecule has 0 aromatic heterocycles. The molecular formula is C32H35NO6. The number of carbonyl (C=O) groups excluding carboxylic acids is 2. The molecule has 7 nitrogen and oxygen atoms in total. The Hall–Kier alpha value is -4.26. The van der Waals surface area contributed by atoms with Gasteiger partial charge in [-0.3, -0.25) is 9.59 Å². The maximum Gasteiger partial charge on any atom is 0.295 e. The van der Waals surface area contributed by atoms with Crippen molar-refractivity contribution in [1.29, 1.82) is 0 Å². The lowest BCUT2D eigenvalue weighted by atomic mass is 9.94. The SMILES string of the molecule is CCCOc1ccc(C(O)=C2C(=O)C(=O)N(Cc3ccccc3)C2c2ccc(OCCC)c(OCC)c2)cc1. The highest BCUT2D eigenvalue weighted by molar-refractivity contribution is 6.46. The number of likely N-dealkylation sites (tertiary alicyclic amines) is 1. The van der Waals surface area contributed by atoms with Crippen molar-refractivity contribution >= 4 is 17.4 Å². The lowest BCUT2D eigenvalue weighted by Gasteiger charge is -2.26. The van der Waals surface area contributed by atoms with Gasteiger partial charge in [0.05, 0.1) is 31.4 Å². The Morgan fingerprint density at radius 1 is 0.821 bits per heavy atom. The van der Waals surface area contributed by atoms with Crippen molar-refractivity contribution in [1.82, 2.24) is 4.90 Å². The number of carbonyl (C=O) groups is 2. The summed E-state index contributed by atoms with van der Waals surface area (Å²) in [7, 11) is 0. The average molecular weight is 530 g/mol. The lowest BCUT2D eigenvalue weighted by molar-refractivity contribution is -0.140. The van der Waals surface area contributed by atoms with Gasteiger partial charge in [-0.05, 0) is 67.3 Å². The van der Waals surface area contributed by atoms with E-state index in [1.54, 1.807) is 36.4 Å². The molecule has 1 N–H and O–H groups in total. The quantitative estimate of drug-likeness (QED) is 0.169. The summed E-state index contributed by atoms with van der Waals surface area (Å²) in [4.78, 5) is 28.3. The largest absolute Gasteiger partial charge is 0.507 e. The standard InChI is InChI=1S/C32H35NO6/c1-4-18-38-25-15-12-23(13-16-25)30(34)28-29(24-14-17-26(39-19-5-2)27(20-24)37-6-3)33(32(36)31(28)35)21-22-10-8-7-9-11-22/h7-17,20,29,34H,4-6,18-19,21H2,1-3H3. The van der Waals surface area contributed by atoms with Gasteiger partial charge in [0.15, 0.2) is 11.5 Å². The first-order valence-electron chi connectivity index (χ1n) is 13.4. The van der Waals surface area contributed by atoms with E-state index < -0.39 is 17.7 Å². The summed E-state index contributed by atoms with van der Waals surface area (Å²) in [5, 5.41) is 11.4. The van der Waals surface area contributed by atoms with Crippen molar-refractivity contribution in [3.05, 3.63) is 95.1 Å². The molecule has 7 heteroatoms. The Labute approximate surface area is 229 Å². The van der Waals surface area contributed by atoms with Crippen LogP contribution in [0.5, 0.6) is 17.2 Å². The van der Waals surface area contributed by atoms with Gasteiger partial charge >= 0.3 is 0 Å². The zero-order valence-electron chi connectivity index (χ0n) is 22.7. The monoisotopic (exact) mass is 529 g/mol. The second-order valence-corrected chi connectivity index (χ2v) is 9.27. The van der Waals surface area contributed by atoms with Gasteiger partial charge in [0.2, 0.25) is 0 Å². The van der Waals surface area contributed by atoms with Crippen LogP contribution in [0.1, 0.15) is 56.3 Å². The Morgan fingerprint density at radius 3 is 2.18 bits per heavy atom. The fraction of sp³-hybridized carbons (Fsp3) is 0.312. The maximum absolute atomic E-state index is 13.4. The van der Waals surface area contributed by atoms with Crippen LogP contribution in [0.15, 0.2) is 78.4 Å². The molecule has 1 heterocycles. The first kappa shape index (κ1) is 27.8. The van der Waals surface area contributed by atoms with E-state index in [2.05, 4.69) is 0 Å². The molecule has 0 saturated carbocycles. The molecule has 1 saturated heterocycles. The summed E-state index contributed by atoms with van der Waals surface area (Å²) in [5.74, 6) is 0.136. The van der Waals surface area contributed by atoms with Gasteiger partial charge in [0, 0.05) is 12.1 Å². The van der Waals surface area contributed by atoms with E-state index in [9.17, 15) is 14.7 Å². The number of hydrogen-bond donors (Lipinski definition) is 1. The molecule has 1 amide bonds. The van der Waals surface area contributed by atoms with Crippen molar-refractivity contribution in [3.63, 3.8) is 0 Å². The second kappa shape index (κ2) is 13.0. The Bertz CT molecular complexity index is 1320. The molecule has 4 rings (SSSR count). The van der Waals surface area contributed by atoms with Gasteiger partial charge in [-0.25, -0.2) is 0 Å². The van der Waals surface area contributed by atoms with Crippen LogP contribution in [-0.4, -0.2) is 41.5 Å². The summed E-state index contributed by atoms with van der Waals surface area (Å²) in [5.41, 5.74) is 1.97. The number of nitrogens with zero attached hydrogens (tertiary/aromatic N) is 1. The smallest absolute Gasteiger partial charge is 0.295 e. The number of benzene rings is 3. The van der Waals surface area contributed by atoms with E-state index in [0.717, 1.165) is 18.4 Å². The summed E-state index contributed by atoms with van der Waals surface area (Å²) >= 11 is 0. The third-order valence-corrected chi connectivity index (χ3v) is 6.38. The normalized spacial score (nSPS) is 16.4. The van der Waals surface area contributed by atoms with Crippen LogP contribution in [0.4, 0.5) is 0 Å². The molecule has 1 aliphatic rings. The average Bonchev–Trinajstić information content (AvgIpc) is 3.21. The molecule has 3 aromatic carbocycles. The lowest BCUT2D eigenvalue weighted by Crippen LogP contribution is -2.29. The Morgan fingerprint density at radius 2 is 1.51 bits per heavy atom. The number of ether oxygens (including phenoxy) is 3. The van der Waals surface area contributed by atoms with Crippen LogP contribution in [0, 0.1) is 0 Å². The van der Waals surface area contributed by atoms with Gasteiger partial charge < -0.3 is 24.2 Å². The minimum absolute atomic E-state index is 0.0304. The molecule has 0 spiro atoms. The third kappa shape index (κ3) is 6.25. The van der Waals surface area contributed by atoms with E-state index in [0.29, 0.717) is 48.2 Å². The summed E-state index contributed by atoms with van der Waals surface area (Å²) in [6, 6.07) is 20.9. The Balaban J connectivity index is 1.81. The predicted molar refractivity (Wildman–Crippen MR) is 150 cm³/mol. The molecule has 0 aliphatic carbocycles. The highest BCUT2D eigenvalue weighted by Crippen LogP contribution is 2.43. The number of aliphatic hydroxyl groups excluding tert-OH is 1. The highest BCUT2D eigenvalue weighted by Gasteiger charge is 2.46. The summed E-state index contributed by atoms with van der Waals surface area (Å²) in [6.45, 7) is 7.66. The molecule has 3 aromatic rings. The summed E-state index contributed by atoms with van der Waals surface area (Å²) in [6.07, 6.45) is 1.71. The van der Waals surface area contributed by atoms with Crippen LogP contribution in [0.25, 0.3) is 5.76 Å². The Kier molecular flexibility index (Phi) is 9.26. The maximum atomic E-state index is 13.4. The third-order valence-electron chi connectivity index (χ3n) is 6.38. The predicted octanol–water partition coefficient (Wildman–Crippen LogP) is 6.28. The second-order valence-electron chi connectivity index (χ2n) is 9.27. The minimum Gasteiger partial charge on any atom is -0.507 e. The highest BCUT2D eigenvalue weighted by atomic mass is 16.5. The first-order valence-corrected chi connectivity index (χ1v) is 13.4. The first-order chi connectivity index (χ1) is 19.0. The van der Waals surface area contributed by atoms with Crippen molar-refractivity contribution in [2.75, 3.05) is 19.8 Å². The van der Waals surface area contributed by atoms with E-state index in [1.807, 2.05) is 57.2 Å². The number of hydrogen-bond acceptors (Lipinski definition) is 6. The topological polar surface area (TPSA) is 85.3 Å². The fourth-order valence-electron chi connectivity index (χ4n) is 4.55. The molecule has 1 aliphatic heterocycles. The van der Waals surface area contributed by atoms with Crippen molar-refractivity contribution in [3.8, 4) is 17.2 Å². The molecular weight excluding hydrogens is 494 g/mol. The zero-order valence-corrected chi connectivity index (χ0v) is 22.7. The molecule has 1 unspecified atom stereocenters. The van der Waals surface area contributed by atoms with Crippen molar-refractivity contribution < 1.29 is 28.9 Å². The number of rotatable bonds is 12. The van der Waals surface area contributed by atoms with Gasteiger partial charge in [0.25, 0.3) is 11.7 Å².